The fraction of sp³-hybridized carbons (Fsp3) is 0.462. The third-order valence-corrected chi connectivity index (χ3v) is 3.18. The van der Waals surface area contributed by atoms with Crippen molar-refractivity contribution in [3.05, 3.63) is 35.1 Å². The van der Waals surface area contributed by atoms with Gasteiger partial charge in [0.05, 0.1) is 11.6 Å². The van der Waals surface area contributed by atoms with E-state index in [1.807, 2.05) is 0 Å². The number of rotatable bonds is 2. The van der Waals surface area contributed by atoms with Crippen molar-refractivity contribution in [1.29, 1.82) is 5.26 Å². The normalized spacial score (nSPS) is 17.9. The van der Waals surface area contributed by atoms with Crippen molar-refractivity contribution in [2.75, 3.05) is 33.2 Å². The first-order chi connectivity index (χ1) is 8.19. The molecule has 0 amide bonds. The molecule has 0 unspecified atom stereocenters. The van der Waals surface area contributed by atoms with Gasteiger partial charge in [0.1, 0.15) is 5.82 Å². The smallest absolute Gasteiger partial charge is 0.123 e. The Labute approximate surface area is 101 Å². The number of piperazine rings is 1. The molecule has 1 aliphatic heterocycles. The molecule has 1 heterocycles. The van der Waals surface area contributed by atoms with E-state index < -0.39 is 0 Å². The Morgan fingerprint density at radius 1 is 1.29 bits per heavy atom. The average Bonchev–Trinajstić information content (AvgIpc) is 2.32. The second-order valence-electron chi connectivity index (χ2n) is 4.49. The van der Waals surface area contributed by atoms with Crippen LogP contribution in [0, 0.1) is 17.1 Å². The van der Waals surface area contributed by atoms with Crippen molar-refractivity contribution in [2.24, 2.45) is 0 Å². The Hall–Kier alpha value is -1.44. The summed E-state index contributed by atoms with van der Waals surface area (Å²) in [7, 11) is 2.10. The van der Waals surface area contributed by atoms with Crippen LogP contribution in [0.15, 0.2) is 18.2 Å². The summed E-state index contributed by atoms with van der Waals surface area (Å²) in [6.45, 7) is 4.65. The monoisotopic (exact) mass is 233 g/mol. The van der Waals surface area contributed by atoms with Crippen molar-refractivity contribution < 1.29 is 4.39 Å². The van der Waals surface area contributed by atoms with Gasteiger partial charge in [0.2, 0.25) is 0 Å². The molecule has 1 aromatic rings. The number of nitriles is 1. The van der Waals surface area contributed by atoms with E-state index in [1.54, 1.807) is 6.07 Å². The van der Waals surface area contributed by atoms with Gasteiger partial charge in [0, 0.05) is 32.7 Å². The number of halogens is 1. The second-order valence-corrected chi connectivity index (χ2v) is 4.49. The molecule has 0 N–H and O–H groups in total. The van der Waals surface area contributed by atoms with Crippen molar-refractivity contribution in [2.45, 2.75) is 6.54 Å². The lowest BCUT2D eigenvalue weighted by Gasteiger charge is -2.32. The molecule has 1 fully saturated rings. The van der Waals surface area contributed by atoms with Gasteiger partial charge in [-0.2, -0.15) is 5.26 Å². The number of benzene rings is 1. The minimum Gasteiger partial charge on any atom is -0.304 e. The maximum absolute atomic E-state index is 13.2. The van der Waals surface area contributed by atoms with E-state index >= 15 is 0 Å². The van der Waals surface area contributed by atoms with Crippen LogP contribution >= 0.6 is 0 Å². The molecular formula is C13H16FN3. The molecule has 0 spiro atoms. The summed E-state index contributed by atoms with van der Waals surface area (Å²) in [6.07, 6.45) is 0. The molecule has 0 aliphatic carbocycles. The highest BCUT2D eigenvalue weighted by Crippen LogP contribution is 2.14. The van der Waals surface area contributed by atoms with Crippen LogP contribution in [0.1, 0.15) is 11.1 Å². The number of hydrogen-bond acceptors (Lipinski definition) is 3. The summed E-state index contributed by atoms with van der Waals surface area (Å²) in [5.41, 5.74) is 1.36. The summed E-state index contributed by atoms with van der Waals surface area (Å²) in [6, 6.07) is 6.48. The number of hydrogen-bond donors (Lipinski definition) is 0. The predicted molar refractivity (Wildman–Crippen MR) is 63.9 cm³/mol. The van der Waals surface area contributed by atoms with Gasteiger partial charge in [-0.1, -0.05) is 0 Å². The fourth-order valence-corrected chi connectivity index (χ4v) is 2.05. The molecular weight excluding hydrogens is 217 g/mol. The van der Waals surface area contributed by atoms with Gasteiger partial charge in [0.25, 0.3) is 0 Å². The van der Waals surface area contributed by atoms with Gasteiger partial charge in [-0.25, -0.2) is 4.39 Å². The van der Waals surface area contributed by atoms with Crippen LogP contribution in [-0.2, 0) is 6.54 Å². The lowest BCUT2D eigenvalue weighted by molar-refractivity contribution is 0.148. The van der Waals surface area contributed by atoms with Crippen molar-refractivity contribution >= 4 is 0 Å². The number of likely N-dealkylation sites (N-methyl/N-ethyl adjacent to an activating group) is 1. The van der Waals surface area contributed by atoms with Crippen molar-refractivity contribution in [1.82, 2.24) is 9.80 Å². The highest BCUT2D eigenvalue weighted by Gasteiger charge is 2.15. The standard InChI is InChI=1S/C13H16FN3/c1-16-4-6-17(7-5-16)10-12-8-13(14)3-2-11(12)9-15/h2-3,8H,4-7,10H2,1H3. The molecule has 4 heteroatoms. The van der Waals surface area contributed by atoms with Gasteiger partial charge in [-0.3, -0.25) is 4.90 Å². The number of nitrogens with zero attached hydrogens (tertiary/aromatic N) is 3. The van der Waals surface area contributed by atoms with Crippen LogP contribution in [0.5, 0.6) is 0 Å². The zero-order valence-corrected chi connectivity index (χ0v) is 9.99. The van der Waals surface area contributed by atoms with Crippen LogP contribution in [0.4, 0.5) is 4.39 Å². The van der Waals surface area contributed by atoms with Gasteiger partial charge in [-0.05, 0) is 30.8 Å². The lowest BCUT2D eigenvalue weighted by Crippen LogP contribution is -2.44. The van der Waals surface area contributed by atoms with Crippen molar-refractivity contribution in [3.63, 3.8) is 0 Å². The van der Waals surface area contributed by atoms with Gasteiger partial charge >= 0.3 is 0 Å². The van der Waals surface area contributed by atoms with E-state index in [2.05, 4.69) is 22.9 Å². The molecule has 3 nitrogen and oxygen atoms in total. The van der Waals surface area contributed by atoms with Crippen LogP contribution in [0.25, 0.3) is 0 Å². The molecule has 0 bridgehead atoms. The molecule has 1 aromatic carbocycles. The first-order valence-corrected chi connectivity index (χ1v) is 5.78. The van der Waals surface area contributed by atoms with Gasteiger partial charge < -0.3 is 4.90 Å². The Balaban J connectivity index is 2.08. The van der Waals surface area contributed by atoms with E-state index in [4.69, 9.17) is 5.26 Å². The summed E-state index contributed by atoms with van der Waals surface area (Å²) in [4.78, 5) is 4.53. The Bertz CT molecular complexity index is 431. The Morgan fingerprint density at radius 3 is 2.65 bits per heavy atom. The van der Waals surface area contributed by atoms with E-state index in [-0.39, 0.29) is 5.82 Å². The molecule has 0 aromatic heterocycles. The molecule has 1 saturated heterocycles. The third-order valence-electron chi connectivity index (χ3n) is 3.18. The maximum Gasteiger partial charge on any atom is 0.123 e. The first-order valence-electron chi connectivity index (χ1n) is 5.78. The zero-order valence-electron chi connectivity index (χ0n) is 9.99. The van der Waals surface area contributed by atoms with Crippen LogP contribution in [0.3, 0.4) is 0 Å². The van der Waals surface area contributed by atoms with Crippen LogP contribution < -0.4 is 0 Å². The topological polar surface area (TPSA) is 30.3 Å². The molecule has 0 atom stereocenters. The highest BCUT2D eigenvalue weighted by molar-refractivity contribution is 5.37. The van der Waals surface area contributed by atoms with E-state index in [0.29, 0.717) is 12.1 Å². The maximum atomic E-state index is 13.2. The predicted octanol–water partition coefficient (Wildman–Crippen LogP) is 1.44. The molecule has 17 heavy (non-hydrogen) atoms. The first kappa shape index (κ1) is 12.0. The summed E-state index contributed by atoms with van der Waals surface area (Å²) in [5.74, 6) is -0.270. The zero-order chi connectivity index (χ0) is 12.3. The van der Waals surface area contributed by atoms with Crippen LogP contribution in [0.2, 0.25) is 0 Å². The molecule has 1 aliphatic rings. The average molecular weight is 233 g/mol. The third kappa shape index (κ3) is 3.02. The minimum absolute atomic E-state index is 0.270. The molecule has 0 saturated carbocycles. The summed E-state index contributed by atoms with van der Waals surface area (Å²) in [5, 5.41) is 8.98. The van der Waals surface area contributed by atoms with Crippen molar-refractivity contribution in [3.8, 4) is 6.07 Å². The highest BCUT2D eigenvalue weighted by atomic mass is 19.1. The van der Waals surface area contributed by atoms with E-state index in [1.165, 1.54) is 12.1 Å². The van der Waals surface area contributed by atoms with Gasteiger partial charge in [-0.15, -0.1) is 0 Å². The quantitative estimate of drug-likeness (QED) is 0.774. The second kappa shape index (κ2) is 5.26. The Morgan fingerprint density at radius 2 is 2.00 bits per heavy atom. The molecule has 0 radical (unpaired) electrons. The van der Waals surface area contributed by atoms with E-state index in [9.17, 15) is 4.39 Å². The molecule has 90 valence electrons. The largest absolute Gasteiger partial charge is 0.304 e. The lowest BCUT2D eigenvalue weighted by atomic mass is 10.1. The molecule has 2 rings (SSSR count). The van der Waals surface area contributed by atoms with Gasteiger partial charge in [0.15, 0.2) is 0 Å². The van der Waals surface area contributed by atoms with E-state index in [0.717, 1.165) is 31.7 Å². The fourth-order valence-electron chi connectivity index (χ4n) is 2.05. The summed E-state index contributed by atoms with van der Waals surface area (Å²) >= 11 is 0. The van der Waals surface area contributed by atoms with Crippen LogP contribution in [-0.4, -0.2) is 43.0 Å². The summed E-state index contributed by atoms with van der Waals surface area (Å²) < 4.78 is 13.2. The SMILES string of the molecule is CN1CCN(Cc2cc(F)ccc2C#N)CC1. The Kier molecular flexibility index (Phi) is 3.72. The minimum atomic E-state index is -0.270.